The van der Waals surface area contributed by atoms with Crippen LogP contribution in [0.3, 0.4) is 0 Å². The monoisotopic (exact) mass is 403 g/mol. The Balaban J connectivity index is 1.45. The van der Waals surface area contributed by atoms with Gasteiger partial charge in [0, 0.05) is 49.6 Å². The molecule has 0 radical (unpaired) electrons. The first-order valence-corrected chi connectivity index (χ1v) is 11.2. The van der Waals surface area contributed by atoms with E-state index in [1.807, 2.05) is 11.3 Å². The first-order valence-electron chi connectivity index (χ1n) is 10.3. The first-order chi connectivity index (χ1) is 13.6. The van der Waals surface area contributed by atoms with Crippen molar-refractivity contribution in [1.29, 1.82) is 0 Å². The number of hydrogen-bond donors (Lipinski definition) is 2. The fraction of sp³-hybridized carbons (Fsp3) is 0.619. The highest BCUT2D eigenvalue weighted by atomic mass is 32.1. The molecule has 7 heteroatoms. The maximum Gasteiger partial charge on any atom is 0.191 e. The van der Waals surface area contributed by atoms with Crippen LogP contribution in [0.5, 0.6) is 0 Å². The molecule has 0 saturated heterocycles. The Morgan fingerprint density at radius 1 is 1.36 bits per heavy atom. The van der Waals surface area contributed by atoms with Crippen LogP contribution in [-0.2, 0) is 19.5 Å². The minimum absolute atomic E-state index is 0.443. The van der Waals surface area contributed by atoms with Crippen molar-refractivity contribution in [2.75, 3.05) is 20.1 Å². The van der Waals surface area contributed by atoms with Crippen LogP contribution in [0, 0.1) is 0 Å². The number of nitrogens with one attached hydrogen (secondary N) is 2. The zero-order valence-electron chi connectivity index (χ0n) is 17.5. The van der Waals surface area contributed by atoms with E-state index >= 15 is 0 Å². The fourth-order valence-corrected chi connectivity index (χ4v) is 4.61. The molecule has 1 atom stereocenters. The molecule has 0 amide bonds. The Morgan fingerprint density at radius 3 is 2.93 bits per heavy atom. The summed E-state index contributed by atoms with van der Waals surface area (Å²) in [4.78, 5) is 8.42. The number of guanidine groups is 1. The second-order valence-electron chi connectivity index (χ2n) is 7.48. The smallest absolute Gasteiger partial charge is 0.191 e. The van der Waals surface area contributed by atoms with Gasteiger partial charge in [-0.05, 0) is 43.2 Å². The van der Waals surface area contributed by atoms with Gasteiger partial charge < -0.3 is 15.2 Å². The average molecular weight is 404 g/mol. The Hall–Kier alpha value is -1.86. The van der Waals surface area contributed by atoms with Crippen LogP contribution >= 0.6 is 11.3 Å². The van der Waals surface area contributed by atoms with E-state index in [9.17, 15) is 0 Å². The van der Waals surface area contributed by atoms with Crippen LogP contribution in [0.25, 0.3) is 0 Å². The number of aromatic nitrogens is 1. The van der Waals surface area contributed by atoms with E-state index in [2.05, 4.69) is 64.0 Å². The molecule has 6 nitrogen and oxygen atoms in total. The van der Waals surface area contributed by atoms with Gasteiger partial charge in [0.15, 0.2) is 11.7 Å². The molecular weight excluding hydrogens is 370 g/mol. The lowest BCUT2D eigenvalue weighted by Crippen LogP contribution is -2.47. The molecule has 0 aromatic carbocycles. The standard InChI is InChI=1S/C21H33N5OS/c1-5-16(6-2)19-11-18(27-25-19)13-24-21(22-4)23-12-15(3)26-9-7-20-17(14-26)8-10-28-20/h8,10-11,15-16H,5-7,9,12-14H2,1-4H3,(H2,22,23,24). The number of rotatable bonds is 8. The molecule has 2 aromatic heterocycles. The summed E-state index contributed by atoms with van der Waals surface area (Å²) in [6, 6.07) is 4.77. The molecule has 0 bridgehead atoms. The molecule has 0 aliphatic carbocycles. The zero-order valence-corrected chi connectivity index (χ0v) is 18.3. The Bertz CT molecular complexity index is 764. The van der Waals surface area contributed by atoms with Crippen molar-refractivity contribution in [2.24, 2.45) is 4.99 Å². The van der Waals surface area contributed by atoms with Crippen molar-refractivity contribution in [3.8, 4) is 0 Å². The fourth-order valence-electron chi connectivity index (χ4n) is 3.72. The van der Waals surface area contributed by atoms with Gasteiger partial charge in [0.1, 0.15) is 0 Å². The predicted octanol–water partition coefficient (Wildman–Crippen LogP) is 3.75. The number of aliphatic imine (C=N–C) groups is 1. The van der Waals surface area contributed by atoms with Gasteiger partial charge in [-0.2, -0.15) is 0 Å². The van der Waals surface area contributed by atoms with Gasteiger partial charge in [0.2, 0.25) is 0 Å². The number of fused-ring (bicyclic) bond motifs is 1. The molecule has 2 N–H and O–H groups in total. The van der Waals surface area contributed by atoms with E-state index in [0.29, 0.717) is 18.5 Å². The molecule has 0 spiro atoms. The third kappa shape index (κ3) is 5.14. The summed E-state index contributed by atoms with van der Waals surface area (Å²) in [6.07, 6.45) is 3.33. The predicted molar refractivity (Wildman–Crippen MR) is 116 cm³/mol. The van der Waals surface area contributed by atoms with Crippen molar-refractivity contribution < 1.29 is 4.52 Å². The van der Waals surface area contributed by atoms with E-state index in [1.165, 1.54) is 5.56 Å². The van der Waals surface area contributed by atoms with Crippen molar-refractivity contribution >= 4 is 17.3 Å². The maximum absolute atomic E-state index is 5.49. The van der Waals surface area contributed by atoms with Gasteiger partial charge in [-0.3, -0.25) is 9.89 Å². The molecule has 28 heavy (non-hydrogen) atoms. The first kappa shape index (κ1) is 20.9. The van der Waals surface area contributed by atoms with Gasteiger partial charge in [0.05, 0.1) is 12.2 Å². The third-order valence-electron chi connectivity index (χ3n) is 5.66. The maximum atomic E-state index is 5.49. The highest BCUT2D eigenvalue weighted by Crippen LogP contribution is 2.25. The van der Waals surface area contributed by atoms with E-state index in [0.717, 1.165) is 56.3 Å². The SMILES string of the molecule is CCC(CC)c1cc(CNC(=NC)NCC(C)N2CCc3sccc3C2)on1. The van der Waals surface area contributed by atoms with Crippen LogP contribution in [-0.4, -0.2) is 42.2 Å². The zero-order chi connectivity index (χ0) is 19.9. The Kier molecular flexibility index (Phi) is 7.50. The summed E-state index contributed by atoms with van der Waals surface area (Å²) in [6.45, 7) is 10.3. The van der Waals surface area contributed by atoms with Gasteiger partial charge >= 0.3 is 0 Å². The Morgan fingerprint density at radius 2 is 2.18 bits per heavy atom. The number of thiophene rings is 1. The van der Waals surface area contributed by atoms with E-state index in [-0.39, 0.29) is 0 Å². The molecule has 1 unspecified atom stereocenters. The topological polar surface area (TPSA) is 65.7 Å². The second kappa shape index (κ2) is 10.1. The summed E-state index contributed by atoms with van der Waals surface area (Å²) < 4.78 is 5.49. The van der Waals surface area contributed by atoms with Crippen LogP contribution in [0.4, 0.5) is 0 Å². The molecule has 1 aliphatic heterocycles. The lowest BCUT2D eigenvalue weighted by molar-refractivity contribution is 0.192. The highest BCUT2D eigenvalue weighted by Gasteiger charge is 2.21. The van der Waals surface area contributed by atoms with Crippen molar-refractivity contribution in [3.05, 3.63) is 39.4 Å². The van der Waals surface area contributed by atoms with Gasteiger partial charge in [-0.25, -0.2) is 0 Å². The highest BCUT2D eigenvalue weighted by molar-refractivity contribution is 7.10. The van der Waals surface area contributed by atoms with E-state index in [4.69, 9.17) is 4.52 Å². The minimum Gasteiger partial charge on any atom is -0.359 e. The molecule has 3 heterocycles. The van der Waals surface area contributed by atoms with Gasteiger partial charge in [-0.15, -0.1) is 11.3 Å². The summed E-state index contributed by atoms with van der Waals surface area (Å²) in [7, 11) is 1.80. The molecule has 2 aromatic rings. The summed E-state index contributed by atoms with van der Waals surface area (Å²) in [5, 5.41) is 13.2. The Labute approximate surface area is 172 Å². The normalized spacial score (nSPS) is 16.2. The van der Waals surface area contributed by atoms with Crippen LogP contribution in [0.15, 0.2) is 27.0 Å². The summed E-state index contributed by atoms with van der Waals surface area (Å²) >= 11 is 1.89. The van der Waals surface area contributed by atoms with Crippen molar-refractivity contribution in [3.63, 3.8) is 0 Å². The number of hydrogen-bond acceptors (Lipinski definition) is 5. The van der Waals surface area contributed by atoms with Crippen LogP contribution in [0.1, 0.15) is 61.4 Å². The third-order valence-corrected chi connectivity index (χ3v) is 6.68. The second-order valence-corrected chi connectivity index (χ2v) is 8.48. The molecule has 0 saturated carbocycles. The number of nitrogens with zero attached hydrogens (tertiary/aromatic N) is 3. The largest absolute Gasteiger partial charge is 0.359 e. The van der Waals surface area contributed by atoms with E-state index < -0.39 is 0 Å². The van der Waals surface area contributed by atoms with Gasteiger partial charge in [-0.1, -0.05) is 19.0 Å². The van der Waals surface area contributed by atoms with Crippen molar-refractivity contribution in [1.82, 2.24) is 20.7 Å². The van der Waals surface area contributed by atoms with Crippen molar-refractivity contribution in [2.45, 2.75) is 65.1 Å². The van der Waals surface area contributed by atoms with Crippen LogP contribution < -0.4 is 10.6 Å². The lowest BCUT2D eigenvalue weighted by atomic mass is 9.99. The average Bonchev–Trinajstić information content (AvgIpc) is 3.38. The van der Waals surface area contributed by atoms with Crippen LogP contribution in [0.2, 0.25) is 0 Å². The molecule has 154 valence electrons. The molecule has 0 fully saturated rings. The van der Waals surface area contributed by atoms with Gasteiger partial charge in [0.25, 0.3) is 0 Å². The van der Waals surface area contributed by atoms with E-state index in [1.54, 1.807) is 11.9 Å². The minimum atomic E-state index is 0.443. The molecule has 3 rings (SSSR count). The quantitative estimate of drug-likeness (QED) is 0.519. The molecule has 1 aliphatic rings. The lowest BCUT2D eigenvalue weighted by Gasteiger charge is -2.32. The summed E-state index contributed by atoms with van der Waals surface area (Å²) in [5.74, 6) is 2.11. The summed E-state index contributed by atoms with van der Waals surface area (Å²) in [5.41, 5.74) is 2.54. The molecular formula is C21H33N5OS.